The molecule has 0 aliphatic carbocycles. The molecule has 31 heavy (non-hydrogen) atoms. The third-order valence-electron chi connectivity index (χ3n) is 5.45. The van der Waals surface area contributed by atoms with E-state index in [0.29, 0.717) is 24.8 Å². The summed E-state index contributed by atoms with van der Waals surface area (Å²) in [4.78, 5) is 16.8. The van der Waals surface area contributed by atoms with Gasteiger partial charge in [0.15, 0.2) is 6.29 Å². The van der Waals surface area contributed by atoms with E-state index in [2.05, 4.69) is 44.8 Å². The standard InChI is InChI=1S/C23H42N4O3S/c1-7-9-11-13-18-14-12-16-29-19(30-18)17-26(6)22(28)27(15-10-8-2)21-25-24-20(31-21)23(3,4)5/h18-19H,7-17H2,1-6H3. The zero-order valence-electron chi connectivity index (χ0n) is 20.4. The SMILES string of the molecule is CCCCCC1CCCOC(CN(C)C(=O)N(CCCC)c2nnc(C(C)(C)C)s2)O1. The van der Waals surface area contributed by atoms with Gasteiger partial charge in [0.25, 0.3) is 0 Å². The molecule has 1 aliphatic rings. The predicted molar refractivity (Wildman–Crippen MR) is 127 cm³/mol. The highest BCUT2D eigenvalue weighted by atomic mass is 32.1. The summed E-state index contributed by atoms with van der Waals surface area (Å²) >= 11 is 1.50. The lowest BCUT2D eigenvalue weighted by molar-refractivity contribution is -0.159. The molecule has 0 spiro atoms. The van der Waals surface area contributed by atoms with Crippen LogP contribution in [0.3, 0.4) is 0 Å². The molecule has 8 heteroatoms. The lowest BCUT2D eigenvalue weighted by atomic mass is 9.98. The summed E-state index contributed by atoms with van der Waals surface area (Å²) in [6.07, 6.45) is 8.48. The molecule has 0 saturated carbocycles. The maximum atomic E-state index is 13.3. The summed E-state index contributed by atoms with van der Waals surface area (Å²) in [5.74, 6) is 0. The number of rotatable bonds is 10. The zero-order chi connectivity index (χ0) is 22.9. The van der Waals surface area contributed by atoms with Crippen molar-refractivity contribution in [2.24, 2.45) is 0 Å². The molecule has 7 nitrogen and oxygen atoms in total. The highest BCUT2D eigenvalue weighted by Gasteiger charge is 2.29. The Balaban J connectivity index is 2.03. The number of nitrogens with zero attached hydrogens (tertiary/aromatic N) is 4. The normalized spacial score (nSPS) is 19.8. The fourth-order valence-corrected chi connectivity index (χ4v) is 4.42. The van der Waals surface area contributed by atoms with Crippen molar-refractivity contribution in [3.8, 4) is 0 Å². The van der Waals surface area contributed by atoms with Crippen LogP contribution in [0.5, 0.6) is 0 Å². The Morgan fingerprint density at radius 3 is 2.55 bits per heavy atom. The van der Waals surface area contributed by atoms with Gasteiger partial charge in [-0.05, 0) is 25.7 Å². The average molecular weight is 455 g/mol. The Morgan fingerprint density at radius 2 is 1.90 bits per heavy atom. The lowest BCUT2D eigenvalue weighted by Crippen LogP contribution is -2.46. The van der Waals surface area contributed by atoms with Crippen LogP contribution in [0, 0.1) is 0 Å². The van der Waals surface area contributed by atoms with E-state index in [1.165, 1.54) is 30.6 Å². The van der Waals surface area contributed by atoms with E-state index in [4.69, 9.17) is 9.47 Å². The summed E-state index contributed by atoms with van der Waals surface area (Å²) in [5.41, 5.74) is -0.0872. The minimum Gasteiger partial charge on any atom is -0.351 e. The van der Waals surface area contributed by atoms with Gasteiger partial charge in [-0.2, -0.15) is 0 Å². The Bertz CT molecular complexity index is 661. The second-order valence-electron chi connectivity index (χ2n) is 9.50. The topological polar surface area (TPSA) is 67.8 Å². The Hall–Kier alpha value is -1.25. The highest BCUT2D eigenvalue weighted by molar-refractivity contribution is 7.15. The van der Waals surface area contributed by atoms with E-state index in [0.717, 1.165) is 37.1 Å². The maximum absolute atomic E-state index is 13.3. The summed E-state index contributed by atoms with van der Waals surface area (Å²) in [5, 5.41) is 10.3. The van der Waals surface area contributed by atoms with Gasteiger partial charge in [0, 0.05) is 25.6 Å². The molecular weight excluding hydrogens is 412 g/mol. The first-order valence-electron chi connectivity index (χ1n) is 11.9. The molecule has 2 unspecified atom stereocenters. The van der Waals surface area contributed by atoms with Crippen molar-refractivity contribution in [2.45, 2.75) is 104 Å². The first-order valence-corrected chi connectivity index (χ1v) is 12.7. The molecule has 1 aromatic rings. The van der Waals surface area contributed by atoms with Crippen molar-refractivity contribution < 1.29 is 14.3 Å². The Morgan fingerprint density at radius 1 is 1.16 bits per heavy atom. The van der Waals surface area contributed by atoms with Gasteiger partial charge in [0.05, 0.1) is 12.6 Å². The number of aromatic nitrogens is 2. The largest absolute Gasteiger partial charge is 0.351 e. The van der Waals surface area contributed by atoms with Crippen molar-refractivity contribution in [3.05, 3.63) is 5.01 Å². The second-order valence-corrected chi connectivity index (χ2v) is 10.5. The van der Waals surface area contributed by atoms with E-state index in [-0.39, 0.29) is 23.8 Å². The number of hydrogen-bond donors (Lipinski definition) is 0. The Kier molecular flexibility index (Phi) is 10.7. The number of likely N-dealkylation sites (N-methyl/N-ethyl adjacent to an activating group) is 1. The molecule has 1 saturated heterocycles. The molecule has 2 amide bonds. The first-order chi connectivity index (χ1) is 14.8. The van der Waals surface area contributed by atoms with Gasteiger partial charge in [0.1, 0.15) is 5.01 Å². The minimum atomic E-state index is -0.379. The average Bonchev–Trinajstić information content (AvgIpc) is 3.11. The van der Waals surface area contributed by atoms with Crippen molar-refractivity contribution in [1.29, 1.82) is 0 Å². The molecule has 178 valence electrons. The maximum Gasteiger partial charge on any atom is 0.326 e. The number of ether oxygens (including phenoxy) is 2. The molecule has 1 aliphatic heterocycles. The van der Waals surface area contributed by atoms with Gasteiger partial charge in [0.2, 0.25) is 5.13 Å². The first kappa shape index (κ1) is 26.0. The van der Waals surface area contributed by atoms with Crippen LogP contribution in [-0.2, 0) is 14.9 Å². The van der Waals surface area contributed by atoms with Crippen LogP contribution in [0.4, 0.5) is 9.93 Å². The monoisotopic (exact) mass is 454 g/mol. The molecule has 0 radical (unpaired) electrons. The van der Waals surface area contributed by atoms with Crippen molar-refractivity contribution in [1.82, 2.24) is 15.1 Å². The smallest absolute Gasteiger partial charge is 0.326 e. The third-order valence-corrected chi connectivity index (χ3v) is 6.82. The van der Waals surface area contributed by atoms with Gasteiger partial charge in [-0.15, -0.1) is 10.2 Å². The van der Waals surface area contributed by atoms with E-state index in [1.807, 2.05) is 7.05 Å². The zero-order valence-corrected chi connectivity index (χ0v) is 21.2. The van der Waals surface area contributed by atoms with E-state index >= 15 is 0 Å². The lowest BCUT2D eigenvalue weighted by Gasteiger charge is -2.29. The summed E-state index contributed by atoms with van der Waals surface area (Å²) in [6.45, 7) is 12.4. The fourth-order valence-electron chi connectivity index (χ4n) is 3.50. The number of amides is 2. The second kappa shape index (κ2) is 12.7. The van der Waals surface area contributed by atoms with Crippen LogP contribution in [0.25, 0.3) is 0 Å². The summed E-state index contributed by atoms with van der Waals surface area (Å²) in [7, 11) is 1.82. The Labute approximate surface area is 192 Å². The van der Waals surface area contributed by atoms with Crippen LogP contribution < -0.4 is 4.90 Å². The number of carbonyl (C=O) groups is 1. The van der Waals surface area contributed by atoms with Gasteiger partial charge in [-0.1, -0.05) is 71.6 Å². The van der Waals surface area contributed by atoms with Crippen molar-refractivity contribution in [3.63, 3.8) is 0 Å². The van der Waals surface area contributed by atoms with Crippen LogP contribution in [0.15, 0.2) is 0 Å². The molecule has 2 rings (SSSR count). The van der Waals surface area contributed by atoms with Crippen molar-refractivity contribution >= 4 is 22.5 Å². The predicted octanol–water partition coefficient (Wildman–Crippen LogP) is 5.60. The van der Waals surface area contributed by atoms with E-state index in [1.54, 1.807) is 9.80 Å². The van der Waals surface area contributed by atoms with Gasteiger partial charge in [-0.25, -0.2) is 4.79 Å². The number of carbonyl (C=O) groups excluding carboxylic acids is 1. The molecule has 2 heterocycles. The van der Waals surface area contributed by atoms with Gasteiger partial charge < -0.3 is 14.4 Å². The molecular formula is C23H42N4O3S. The summed E-state index contributed by atoms with van der Waals surface area (Å²) in [6, 6.07) is -0.0796. The van der Waals surface area contributed by atoms with Crippen LogP contribution in [-0.4, -0.2) is 60.3 Å². The number of anilines is 1. The van der Waals surface area contributed by atoms with Crippen LogP contribution >= 0.6 is 11.3 Å². The van der Waals surface area contributed by atoms with Crippen molar-refractivity contribution in [2.75, 3.05) is 31.6 Å². The van der Waals surface area contributed by atoms with Crippen LogP contribution in [0.2, 0.25) is 0 Å². The molecule has 2 atom stereocenters. The van der Waals surface area contributed by atoms with Gasteiger partial charge in [-0.3, -0.25) is 4.90 Å². The molecule has 1 aromatic heterocycles. The quantitative estimate of drug-likeness (QED) is 0.431. The minimum absolute atomic E-state index is 0.0796. The van der Waals surface area contributed by atoms with Crippen LogP contribution in [0.1, 0.15) is 91.0 Å². The van der Waals surface area contributed by atoms with Gasteiger partial charge >= 0.3 is 6.03 Å². The number of urea groups is 1. The molecule has 0 N–H and O–H groups in total. The molecule has 0 aromatic carbocycles. The molecule has 0 bridgehead atoms. The third kappa shape index (κ3) is 8.31. The summed E-state index contributed by atoms with van der Waals surface area (Å²) < 4.78 is 12.1. The van der Waals surface area contributed by atoms with E-state index < -0.39 is 0 Å². The highest BCUT2D eigenvalue weighted by Crippen LogP contribution is 2.30. The number of unbranched alkanes of at least 4 members (excludes halogenated alkanes) is 3. The number of hydrogen-bond acceptors (Lipinski definition) is 6. The van der Waals surface area contributed by atoms with E-state index in [9.17, 15) is 4.79 Å². The molecule has 1 fully saturated rings. The fraction of sp³-hybridized carbons (Fsp3) is 0.870.